The molecule has 0 amide bonds. The summed E-state index contributed by atoms with van der Waals surface area (Å²) in [5, 5.41) is 14.5. The van der Waals surface area contributed by atoms with Gasteiger partial charge >= 0.3 is 0 Å². The average molecular weight is 347 g/mol. The molecule has 0 bridgehead atoms. The maximum atomic E-state index is 9.73. The first-order valence-electron chi connectivity index (χ1n) is 8.58. The number of piperidine rings is 1. The minimum atomic E-state index is -0.216. The first-order valence-corrected chi connectivity index (χ1v) is 8.99. The first-order chi connectivity index (χ1) is 11.6. The highest BCUT2D eigenvalue weighted by atomic mass is 32.1. The number of aliphatic hydroxyl groups is 1. The van der Waals surface area contributed by atoms with Crippen molar-refractivity contribution in [1.29, 1.82) is 0 Å². The molecule has 0 radical (unpaired) electrons. The van der Waals surface area contributed by atoms with Crippen molar-refractivity contribution in [3.05, 3.63) is 29.3 Å². The van der Waals surface area contributed by atoms with Crippen LogP contribution in [0.4, 0.5) is 0 Å². The Morgan fingerprint density at radius 3 is 2.54 bits per heavy atom. The molecule has 1 aliphatic rings. The number of aromatic nitrogens is 4. The van der Waals surface area contributed by atoms with E-state index < -0.39 is 0 Å². The van der Waals surface area contributed by atoms with E-state index >= 15 is 0 Å². The SMILES string of the molecule is CCn1c(-c2ccncc2)nn(CN2CCC([C@H](C)O)CC2)c1=S. The minimum Gasteiger partial charge on any atom is -0.393 e. The molecule has 2 aromatic rings. The summed E-state index contributed by atoms with van der Waals surface area (Å²) in [5.41, 5.74) is 1.03. The van der Waals surface area contributed by atoms with Gasteiger partial charge in [0.05, 0.1) is 12.8 Å². The van der Waals surface area contributed by atoms with Crippen molar-refractivity contribution in [2.75, 3.05) is 13.1 Å². The number of nitrogens with zero attached hydrogens (tertiary/aromatic N) is 5. The molecular formula is C17H25N5OS. The summed E-state index contributed by atoms with van der Waals surface area (Å²) in [7, 11) is 0. The van der Waals surface area contributed by atoms with Crippen LogP contribution in [0, 0.1) is 10.7 Å². The molecule has 1 aliphatic heterocycles. The molecule has 130 valence electrons. The van der Waals surface area contributed by atoms with E-state index in [0.717, 1.165) is 48.6 Å². The van der Waals surface area contributed by atoms with Gasteiger partial charge in [0.15, 0.2) is 10.6 Å². The van der Waals surface area contributed by atoms with E-state index in [-0.39, 0.29) is 6.10 Å². The lowest BCUT2D eigenvalue weighted by molar-refractivity contribution is 0.0591. The second-order valence-electron chi connectivity index (χ2n) is 6.42. The third-order valence-corrected chi connectivity index (χ3v) is 5.26. The molecule has 7 heteroatoms. The van der Waals surface area contributed by atoms with Crippen LogP contribution >= 0.6 is 12.2 Å². The van der Waals surface area contributed by atoms with Gasteiger partial charge in [0.2, 0.25) is 0 Å². The van der Waals surface area contributed by atoms with Gasteiger partial charge in [-0.1, -0.05) is 0 Å². The fraction of sp³-hybridized carbons (Fsp3) is 0.588. The number of likely N-dealkylation sites (tertiary alicyclic amines) is 1. The van der Waals surface area contributed by atoms with E-state index in [1.165, 1.54) is 0 Å². The van der Waals surface area contributed by atoms with Crippen molar-refractivity contribution in [3.63, 3.8) is 0 Å². The second kappa shape index (κ2) is 7.55. The van der Waals surface area contributed by atoms with Crippen molar-refractivity contribution < 1.29 is 5.11 Å². The predicted molar refractivity (Wildman–Crippen MR) is 95.9 cm³/mol. The Bertz CT molecular complexity index is 716. The van der Waals surface area contributed by atoms with Crippen LogP contribution in [0.5, 0.6) is 0 Å². The summed E-state index contributed by atoms with van der Waals surface area (Å²) in [5.74, 6) is 1.30. The molecule has 0 aliphatic carbocycles. The Labute approximate surface area is 147 Å². The van der Waals surface area contributed by atoms with Crippen LogP contribution in [0.3, 0.4) is 0 Å². The number of rotatable bonds is 5. The van der Waals surface area contributed by atoms with E-state index in [1.54, 1.807) is 12.4 Å². The first kappa shape index (κ1) is 17.3. The molecule has 0 saturated carbocycles. The maximum Gasteiger partial charge on any atom is 0.199 e. The highest BCUT2D eigenvalue weighted by molar-refractivity contribution is 7.71. The summed E-state index contributed by atoms with van der Waals surface area (Å²) in [6.07, 6.45) is 5.39. The standard InChI is InChI=1S/C17H25N5OS/c1-3-21-16(15-4-8-18-9-5-15)19-22(17(21)24)12-20-10-6-14(7-11-20)13(2)23/h4-5,8-9,13-14,23H,3,6-7,10-12H2,1-2H3/t13-/m0/s1. The van der Waals surface area contributed by atoms with Crippen molar-refractivity contribution in [1.82, 2.24) is 24.2 Å². The summed E-state index contributed by atoms with van der Waals surface area (Å²) >= 11 is 5.63. The van der Waals surface area contributed by atoms with Crippen LogP contribution in [0.25, 0.3) is 11.4 Å². The lowest BCUT2D eigenvalue weighted by atomic mass is 9.92. The zero-order valence-electron chi connectivity index (χ0n) is 14.3. The number of pyridine rings is 1. The topological polar surface area (TPSA) is 59.1 Å². The van der Waals surface area contributed by atoms with Crippen molar-refractivity contribution in [3.8, 4) is 11.4 Å². The largest absolute Gasteiger partial charge is 0.393 e. The van der Waals surface area contributed by atoms with Crippen molar-refractivity contribution in [2.24, 2.45) is 5.92 Å². The molecular weight excluding hydrogens is 322 g/mol. The Hall–Kier alpha value is -1.57. The lowest BCUT2D eigenvalue weighted by Gasteiger charge is -2.32. The number of aliphatic hydroxyl groups excluding tert-OH is 1. The molecule has 1 saturated heterocycles. The fourth-order valence-corrected chi connectivity index (χ4v) is 3.61. The average Bonchev–Trinajstić information content (AvgIpc) is 2.92. The molecule has 6 nitrogen and oxygen atoms in total. The lowest BCUT2D eigenvalue weighted by Crippen LogP contribution is -2.38. The third kappa shape index (κ3) is 3.58. The molecule has 24 heavy (non-hydrogen) atoms. The minimum absolute atomic E-state index is 0.216. The van der Waals surface area contributed by atoms with E-state index in [4.69, 9.17) is 17.3 Å². The van der Waals surface area contributed by atoms with E-state index in [0.29, 0.717) is 12.6 Å². The summed E-state index contributed by atoms with van der Waals surface area (Å²) in [4.78, 5) is 6.43. The van der Waals surface area contributed by atoms with Crippen molar-refractivity contribution >= 4 is 12.2 Å². The van der Waals surface area contributed by atoms with Crippen LogP contribution in [0.15, 0.2) is 24.5 Å². The van der Waals surface area contributed by atoms with Gasteiger partial charge in [-0.15, -0.1) is 0 Å². The van der Waals surface area contributed by atoms with Crippen LogP contribution in [-0.2, 0) is 13.2 Å². The highest BCUT2D eigenvalue weighted by Gasteiger charge is 2.23. The summed E-state index contributed by atoms with van der Waals surface area (Å²) in [6, 6.07) is 3.92. The van der Waals surface area contributed by atoms with Gasteiger partial charge in [0.25, 0.3) is 0 Å². The molecule has 3 rings (SSSR count). The third-order valence-electron chi connectivity index (χ3n) is 4.83. The molecule has 1 N–H and O–H groups in total. The smallest absolute Gasteiger partial charge is 0.199 e. The van der Waals surface area contributed by atoms with Gasteiger partial charge in [-0.25, -0.2) is 4.68 Å². The zero-order valence-corrected chi connectivity index (χ0v) is 15.1. The summed E-state index contributed by atoms with van der Waals surface area (Å²) < 4.78 is 4.73. The van der Waals surface area contributed by atoms with Crippen LogP contribution in [-0.4, -0.2) is 48.5 Å². The second-order valence-corrected chi connectivity index (χ2v) is 6.79. The van der Waals surface area contributed by atoms with E-state index in [1.807, 2.05) is 23.7 Å². The number of hydrogen-bond acceptors (Lipinski definition) is 5. The Morgan fingerprint density at radius 1 is 1.29 bits per heavy atom. The van der Waals surface area contributed by atoms with Gasteiger partial charge in [-0.2, -0.15) is 5.10 Å². The maximum absolute atomic E-state index is 9.73. The van der Waals surface area contributed by atoms with Crippen LogP contribution < -0.4 is 0 Å². The van der Waals surface area contributed by atoms with Crippen LogP contribution in [0.2, 0.25) is 0 Å². The molecule has 0 aromatic carbocycles. The van der Waals surface area contributed by atoms with Gasteiger partial charge in [0, 0.05) is 37.6 Å². The molecule has 0 spiro atoms. The van der Waals surface area contributed by atoms with Gasteiger partial charge in [0.1, 0.15) is 0 Å². The fourth-order valence-electron chi connectivity index (χ4n) is 3.30. The van der Waals surface area contributed by atoms with Crippen molar-refractivity contribution in [2.45, 2.75) is 46.0 Å². The quantitative estimate of drug-likeness (QED) is 0.843. The zero-order chi connectivity index (χ0) is 17.1. The Kier molecular flexibility index (Phi) is 5.43. The monoisotopic (exact) mass is 347 g/mol. The van der Waals surface area contributed by atoms with Gasteiger partial charge < -0.3 is 9.67 Å². The van der Waals surface area contributed by atoms with Gasteiger partial charge in [-0.05, 0) is 57.0 Å². The Balaban J connectivity index is 1.78. The normalized spacial score (nSPS) is 18.0. The van der Waals surface area contributed by atoms with Gasteiger partial charge in [-0.3, -0.25) is 9.88 Å². The summed E-state index contributed by atoms with van der Waals surface area (Å²) in [6.45, 7) is 7.42. The Morgan fingerprint density at radius 2 is 1.96 bits per heavy atom. The molecule has 0 unspecified atom stereocenters. The number of hydrogen-bond donors (Lipinski definition) is 1. The predicted octanol–water partition coefficient (Wildman–Crippen LogP) is 2.55. The van der Waals surface area contributed by atoms with Crippen LogP contribution in [0.1, 0.15) is 26.7 Å². The molecule has 1 atom stereocenters. The highest BCUT2D eigenvalue weighted by Crippen LogP contribution is 2.22. The molecule has 2 aromatic heterocycles. The molecule has 3 heterocycles. The van der Waals surface area contributed by atoms with E-state index in [2.05, 4.69) is 21.4 Å². The molecule has 1 fully saturated rings. The van der Waals surface area contributed by atoms with E-state index in [9.17, 15) is 5.11 Å².